The van der Waals surface area contributed by atoms with Crippen LogP contribution in [0, 0.1) is 17.8 Å². The van der Waals surface area contributed by atoms with Crippen molar-refractivity contribution in [2.75, 3.05) is 0 Å². The highest BCUT2D eigenvalue weighted by Crippen LogP contribution is 2.39. The lowest BCUT2D eigenvalue weighted by Crippen LogP contribution is -2.17. The molecule has 0 bridgehead atoms. The van der Waals surface area contributed by atoms with E-state index in [0.717, 1.165) is 18.4 Å². The maximum atomic E-state index is 11.5. The van der Waals surface area contributed by atoms with Crippen LogP contribution >= 0.6 is 0 Å². The van der Waals surface area contributed by atoms with Gasteiger partial charge in [-0.05, 0) is 76.7 Å². The summed E-state index contributed by atoms with van der Waals surface area (Å²) >= 11 is 0. The van der Waals surface area contributed by atoms with Gasteiger partial charge in [0.15, 0.2) is 0 Å². The van der Waals surface area contributed by atoms with Crippen LogP contribution < -0.4 is 0 Å². The van der Waals surface area contributed by atoms with E-state index in [4.69, 9.17) is 0 Å². The van der Waals surface area contributed by atoms with Crippen molar-refractivity contribution in [3.63, 3.8) is 0 Å². The zero-order chi connectivity index (χ0) is 26.2. The average Bonchev–Trinajstić information content (AvgIpc) is 2.86. The topological polar surface area (TPSA) is 20.2 Å². The van der Waals surface area contributed by atoms with Crippen LogP contribution in [0.3, 0.4) is 0 Å². The van der Waals surface area contributed by atoms with Gasteiger partial charge < -0.3 is 5.11 Å². The smallest absolute Gasteiger partial charge is 0.0861 e. The zero-order valence-corrected chi connectivity index (χ0v) is 23.6. The SMILES string of the molecule is CCC(c1ccc(CCC(c2cccc(C(O)C(c3ccccc3)C(C)C)c2)C(C)C)cc1)C(C)C. The van der Waals surface area contributed by atoms with Crippen LogP contribution in [-0.2, 0) is 6.42 Å². The van der Waals surface area contributed by atoms with E-state index in [-0.39, 0.29) is 5.92 Å². The Bertz CT molecular complexity index is 1030. The van der Waals surface area contributed by atoms with E-state index in [1.165, 1.54) is 28.7 Å². The minimum absolute atomic E-state index is 0.0789. The molecule has 0 saturated heterocycles. The first kappa shape index (κ1) is 28.2. The van der Waals surface area contributed by atoms with Gasteiger partial charge in [0.05, 0.1) is 6.10 Å². The maximum absolute atomic E-state index is 11.5. The molecule has 1 nitrogen and oxygen atoms in total. The fourth-order valence-corrected chi connectivity index (χ4v) is 6.02. The highest BCUT2D eigenvalue weighted by atomic mass is 16.3. The Morgan fingerprint density at radius 2 is 1.17 bits per heavy atom. The molecular formula is C35H48O. The summed E-state index contributed by atoms with van der Waals surface area (Å²) < 4.78 is 0. The molecule has 0 saturated carbocycles. The molecule has 1 heteroatoms. The van der Waals surface area contributed by atoms with Gasteiger partial charge in [0.1, 0.15) is 0 Å². The lowest BCUT2D eigenvalue weighted by atomic mass is 9.79. The van der Waals surface area contributed by atoms with Gasteiger partial charge in [0.2, 0.25) is 0 Å². The van der Waals surface area contributed by atoms with Crippen molar-refractivity contribution in [2.45, 2.75) is 91.6 Å². The lowest BCUT2D eigenvalue weighted by molar-refractivity contribution is 0.123. The summed E-state index contributed by atoms with van der Waals surface area (Å²) in [7, 11) is 0. The highest BCUT2D eigenvalue weighted by molar-refractivity contribution is 5.33. The summed E-state index contributed by atoms with van der Waals surface area (Å²) in [6, 6.07) is 28.6. The van der Waals surface area contributed by atoms with E-state index in [1.807, 2.05) is 6.07 Å². The Balaban J connectivity index is 1.77. The van der Waals surface area contributed by atoms with Crippen LogP contribution in [0.2, 0.25) is 0 Å². The van der Waals surface area contributed by atoms with Gasteiger partial charge in [-0.1, -0.05) is 127 Å². The molecule has 0 heterocycles. The molecule has 3 rings (SSSR count). The van der Waals surface area contributed by atoms with Crippen LogP contribution in [0.1, 0.15) is 113 Å². The molecule has 0 aliphatic carbocycles. The fraction of sp³-hybridized carbons (Fsp3) is 0.486. The lowest BCUT2D eigenvalue weighted by Gasteiger charge is -2.29. The first-order valence-corrected chi connectivity index (χ1v) is 14.1. The van der Waals surface area contributed by atoms with Crippen molar-refractivity contribution in [2.24, 2.45) is 17.8 Å². The molecule has 4 atom stereocenters. The van der Waals surface area contributed by atoms with Crippen molar-refractivity contribution in [1.82, 2.24) is 0 Å². The van der Waals surface area contributed by atoms with E-state index in [2.05, 4.69) is 121 Å². The molecule has 0 amide bonds. The van der Waals surface area contributed by atoms with Crippen molar-refractivity contribution in [3.05, 3.63) is 107 Å². The minimum Gasteiger partial charge on any atom is -0.388 e. The molecule has 0 aliphatic heterocycles. The summed E-state index contributed by atoms with van der Waals surface area (Å²) in [5.74, 6) is 2.74. The minimum atomic E-state index is -0.514. The van der Waals surface area contributed by atoms with E-state index < -0.39 is 6.10 Å². The summed E-state index contributed by atoms with van der Waals surface area (Å²) in [5, 5.41) is 11.5. The number of rotatable bonds is 12. The Kier molecular flexibility index (Phi) is 10.4. The monoisotopic (exact) mass is 484 g/mol. The molecule has 3 aromatic carbocycles. The molecule has 3 aromatic rings. The van der Waals surface area contributed by atoms with Gasteiger partial charge in [-0.15, -0.1) is 0 Å². The molecule has 0 aromatic heterocycles. The van der Waals surface area contributed by atoms with Crippen molar-refractivity contribution in [1.29, 1.82) is 0 Å². The summed E-state index contributed by atoms with van der Waals surface area (Å²) in [6.45, 7) is 16.0. The van der Waals surface area contributed by atoms with Crippen molar-refractivity contribution in [3.8, 4) is 0 Å². The second kappa shape index (κ2) is 13.2. The van der Waals surface area contributed by atoms with Gasteiger partial charge in [0, 0.05) is 5.92 Å². The summed E-state index contributed by atoms with van der Waals surface area (Å²) in [4.78, 5) is 0. The van der Waals surface area contributed by atoms with Crippen molar-refractivity contribution < 1.29 is 5.11 Å². The predicted octanol–water partition coefficient (Wildman–Crippen LogP) is 9.68. The molecule has 194 valence electrons. The Morgan fingerprint density at radius 1 is 0.583 bits per heavy atom. The number of benzene rings is 3. The molecule has 1 N–H and O–H groups in total. The number of hydrogen-bond acceptors (Lipinski definition) is 1. The van der Waals surface area contributed by atoms with Crippen LogP contribution in [0.4, 0.5) is 0 Å². The van der Waals surface area contributed by atoms with Crippen LogP contribution in [0.25, 0.3) is 0 Å². The number of aryl methyl sites for hydroxylation is 1. The second-order valence-corrected chi connectivity index (χ2v) is 11.7. The molecule has 0 radical (unpaired) electrons. The van der Waals surface area contributed by atoms with Gasteiger partial charge in [-0.2, -0.15) is 0 Å². The number of hydrogen-bond donors (Lipinski definition) is 1. The van der Waals surface area contributed by atoms with Crippen LogP contribution in [0.15, 0.2) is 78.9 Å². The van der Waals surface area contributed by atoms with Crippen LogP contribution in [-0.4, -0.2) is 5.11 Å². The third-order valence-electron chi connectivity index (χ3n) is 8.12. The molecular weight excluding hydrogens is 436 g/mol. The van der Waals surface area contributed by atoms with E-state index in [1.54, 1.807) is 0 Å². The summed E-state index contributed by atoms with van der Waals surface area (Å²) in [6.07, 6.45) is 2.87. The van der Waals surface area contributed by atoms with Gasteiger partial charge in [-0.3, -0.25) is 0 Å². The highest BCUT2D eigenvalue weighted by Gasteiger charge is 2.27. The number of aliphatic hydroxyl groups excluding tert-OH is 1. The normalized spacial score (nSPS) is 15.3. The summed E-state index contributed by atoms with van der Waals surface area (Å²) in [5.41, 5.74) is 6.47. The number of aliphatic hydroxyl groups is 1. The Labute approximate surface area is 221 Å². The predicted molar refractivity (Wildman–Crippen MR) is 156 cm³/mol. The standard InChI is InChI=1S/C35H48O/c1-8-32(24(2)3)28-20-17-27(18-21-28)19-22-33(25(4)5)30-15-12-16-31(23-30)35(36)34(26(6)7)29-13-10-9-11-14-29/h9-18,20-21,23-26,32-36H,8,19,22H2,1-7H3. The molecule has 0 aliphatic rings. The molecule has 0 spiro atoms. The molecule has 0 fully saturated rings. The second-order valence-electron chi connectivity index (χ2n) is 11.7. The molecule has 36 heavy (non-hydrogen) atoms. The van der Waals surface area contributed by atoms with Gasteiger partial charge >= 0.3 is 0 Å². The first-order valence-electron chi connectivity index (χ1n) is 14.1. The van der Waals surface area contributed by atoms with Crippen LogP contribution in [0.5, 0.6) is 0 Å². The Hall–Kier alpha value is -2.38. The molecule has 4 unspecified atom stereocenters. The quantitative estimate of drug-likeness (QED) is 0.271. The van der Waals surface area contributed by atoms with Gasteiger partial charge in [-0.25, -0.2) is 0 Å². The average molecular weight is 485 g/mol. The fourth-order valence-electron chi connectivity index (χ4n) is 6.02. The van der Waals surface area contributed by atoms with E-state index in [0.29, 0.717) is 29.6 Å². The Morgan fingerprint density at radius 3 is 1.72 bits per heavy atom. The van der Waals surface area contributed by atoms with E-state index >= 15 is 0 Å². The van der Waals surface area contributed by atoms with Gasteiger partial charge in [0.25, 0.3) is 0 Å². The maximum Gasteiger partial charge on any atom is 0.0861 e. The third-order valence-corrected chi connectivity index (χ3v) is 8.12. The largest absolute Gasteiger partial charge is 0.388 e. The zero-order valence-electron chi connectivity index (χ0n) is 23.6. The first-order chi connectivity index (χ1) is 17.2. The van der Waals surface area contributed by atoms with Crippen molar-refractivity contribution >= 4 is 0 Å². The third kappa shape index (κ3) is 7.10. The van der Waals surface area contributed by atoms with E-state index in [9.17, 15) is 5.11 Å².